The van der Waals surface area contributed by atoms with Gasteiger partial charge in [-0.2, -0.15) is 9.61 Å². The van der Waals surface area contributed by atoms with E-state index in [4.69, 9.17) is 0 Å². The summed E-state index contributed by atoms with van der Waals surface area (Å²) in [6, 6.07) is 3.58. The van der Waals surface area contributed by atoms with Crippen LogP contribution < -0.4 is 5.32 Å². The summed E-state index contributed by atoms with van der Waals surface area (Å²) in [4.78, 5) is 17.5. The number of nitrogens with zero attached hydrogens (tertiary/aromatic N) is 4. The average Bonchev–Trinajstić information content (AvgIpc) is 2.75. The molecule has 6 heteroatoms. The highest BCUT2D eigenvalue weighted by Crippen LogP contribution is 2.14. The number of aromatic nitrogens is 3. The number of amides is 1. The van der Waals surface area contributed by atoms with Crippen LogP contribution in [-0.4, -0.2) is 45.5 Å². The van der Waals surface area contributed by atoms with Crippen molar-refractivity contribution in [3.05, 3.63) is 24.0 Å². The molecule has 2 rings (SSSR count). The Morgan fingerprint density at radius 1 is 1.44 bits per heavy atom. The van der Waals surface area contributed by atoms with Gasteiger partial charge < -0.3 is 10.2 Å². The number of fused-ring (bicyclic) bond motifs is 1. The van der Waals surface area contributed by atoms with E-state index in [0.717, 1.165) is 17.0 Å². The van der Waals surface area contributed by atoms with Crippen LogP contribution in [0.3, 0.4) is 0 Å². The second-order valence-corrected chi connectivity index (χ2v) is 4.55. The van der Waals surface area contributed by atoms with Crippen LogP contribution in [-0.2, 0) is 4.79 Å². The number of rotatable bonds is 3. The van der Waals surface area contributed by atoms with Gasteiger partial charge >= 0.3 is 0 Å². The smallest absolute Gasteiger partial charge is 0.244 e. The first-order valence-corrected chi connectivity index (χ1v) is 5.77. The summed E-state index contributed by atoms with van der Waals surface area (Å²) in [5.41, 5.74) is 1.84. The minimum atomic E-state index is -0.311. The van der Waals surface area contributed by atoms with E-state index in [-0.39, 0.29) is 11.9 Å². The van der Waals surface area contributed by atoms with Crippen LogP contribution in [0, 0.1) is 6.92 Å². The molecule has 0 bridgehead atoms. The Balaban J connectivity index is 2.31. The van der Waals surface area contributed by atoms with Gasteiger partial charge in [0.2, 0.25) is 5.91 Å². The standard InChI is InChI=1S/C12H17N5O/c1-8-5-10-13-7-14-17(10)11(6-8)15-9(2)12(18)16(3)4/h5-7,9,15H,1-4H3. The summed E-state index contributed by atoms with van der Waals surface area (Å²) in [7, 11) is 3.48. The van der Waals surface area contributed by atoms with Crippen molar-refractivity contribution in [2.75, 3.05) is 19.4 Å². The van der Waals surface area contributed by atoms with Crippen molar-refractivity contribution >= 4 is 17.4 Å². The summed E-state index contributed by atoms with van der Waals surface area (Å²) >= 11 is 0. The van der Waals surface area contributed by atoms with E-state index in [1.54, 1.807) is 23.5 Å². The van der Waals surface area contributed by atoms with Crippen LogP contribution >= 0.6 is 0 Å². The first-order chi connectivity index (χ1) is 8.49. The summed E-state index contributed by atoms with van der Waals surface area (Å²) in [5.74, 6) is 0.787. The lowest BCUT2D eigenvalue weighted by Crippen LogP contribution is -2.37. The molecule has 6 nitrogen and oxygen atoms in total. The number of aryl methyl sites for hydroxylation is 1. The molecule has 18 heavy (non-hydrogen) atoms. The van der Waals surface area contributed by atoms with E-state index in [2.05, 4.69) is 15.4 Å². The highest BCUT2D eigenvalue weighted by Gasteiger charge is 2.16. The lowest BCUT2D eigenvalue weighted by Gasteiger charge is -2.19. The van der Waals surface area contributed by atoms with Gasteiger partial charge in [-0.1, -0.05) is 0 Å². The van der Waals surface area contributed by atoms with Crippen LogP contribution in [0.15, 0.2) is 18.5 Å². The molecule has 2 heterocycles. The minimum Gasteiger partial charge on any atom is -0.358 e. The molecule has 0 aliphatic heterocycles. The van der Waals surface area contributed by atoms with Gasteiger partial charge in [0.05, 0.1) is 0 Å². The number of hydrogen-bond acceptors (Lipinski definition) is 4. The van der Waals surface area contributed by atoms with Crippen LogP contribution in [0.1, 0.15) is 12.5 Å². The van der Waals surface area contributed by atoms with Crippen molar-refractivity contribution in [2.45, 2.75) is 19.9 Å². The van der Waals surface area contributed by atoms with Gasteiger partial charge in [0, 0.05) is 14.1 Å². The number of anilines is 1. The van der Waals surface area contributed by atoms with Crippen LogP contribution in [0.25, 0.3) is 5.65 Å². The number of pyridine rings is 1. The lowest BCUT2D eigenvalue weighted by molar-refractivity contribution is -0.129. The van der Waals surface area contributed by atoms with Crippen LogP contribution in [0.4, 0.5) is 5.82 Å². The zero-order chi connectivity index (χ0) is 13.3. The van der Waals surface area contributed by atoms with Gasteiger partial charge in [-0.3, -0.25) is 4.79 Å². The topological polar surface area (TPSA) is 62.5 Å². The molecule has 0 aromatic carbocycles. The molecule has 0 saturated heterocycles. The van der Waals surface area contributed by atoms with E-state index in [0.29, 0.717) is 0 Å². The molecule has 0 fully saturated rings. The largest absolute Gasteiger partial charge is 0.358 e. The van der Waals surface area contributed by atoms with Crippen LogP contribution in [0.5, 0.6) is 0 Å². The Morgan fingerprint density at radius 3 is 2.83 bits per heavy atom. The van der Waals surface area contributed by atoms with Crippen molar-refractivity contribution in [3.63, 3.8) is 0 Å². The summed E-state index contributed by atoms with van der Waals surface area (Å²) in [6.07, 6.45) is 1.50. The minimum absolute atomic E-state index is 0.0183. The molecule has 0 aliphatic rings. The van der Waals surface area contributed by atoms with E-state index in [1.807, 2.05) is 26.0 Å². The Morgan fingerprint density at radius 2 is 2.17 bits per heavy atom. The molecule has 1 atom stereocenters. The van der Waals surface area contributed by atoms with Gasteiger partial charge in [0.25, 0.3) is 0 Å². The van der Waals surface area contributed by atoms with Gasteiger partial charge in [-0.05, 0) is 31.5 Å². The SMILES string of the molecule is Cc1cc(NC(C)C(=O)N(C)C)n2ncnc2c1. The van der Waals surface area contributed by atoms with E-state index in [9.17, 15) is 4.79 Å². The molecule has 1 amide bonds. The summed E-state index contributed by atoms with van der Waals surface area (Å²) < 4.78 is 1.69. The molecule has 1 N–H and O–H groups in total. The van der Waals surface area contributed by atoms with E-state index >= 15 is 0 Å². The molecule has 0 radical (unpaired) electrons. The third-order valence-corrected chi connectivity index (χ3v) is 2.70. The third-order valence-electron chi connectivity index (χ3n) is 2.70. The van der Waals surface area contributed by atoms with Crippen molar-refractivity contribution in [3.8, 4) is 0 Å². The quantitative estimate of drug-likeness (QED) is 0.876. The lowest BCUT2D eigenvalue weighted by atomic mass is 10.2. The van der Waals surface area contributed by atoms with Gasteiger partial charge in [-0.15, -0.1) is 0 Å². The van der Waals surface area contributed by atoms with Crippen LogP contribution in [0.2, 0.25) is 0 Å². The predicted molar refractivity (Wildman–Crippen MR) is 69.5 cm³/mol. The molecule has 2 aromatic heterocycles. The second-order valence-electron chi connectivity index (χ2n) is 4.55. The first kappa shape index (κ1) is 12.3. The Kier molecular flexibility index (Phi) is 3.18. The molecule has 0 saturated carbocycles. The molecule has 1 unspecified atom stereocenters. The molecule has 96 valence electrons. The number of nitrogens with one attached hydrogen (secondary N) is 1. The number of carbonyl (C=O) groups is 1. The fourth-order valence-corrected chi connectivity index (χ4v) is 1.83. The van der Waals surface area contributed by atoms with Crippen molar-refractivity contribution in [2.24, 2.45) is 0 Å². The number of hydrogen-bond donors (Lipinski definition) is 1. The maximum atomic E-state index is 11.8. The average molecular weight is 247 g/mol. The summed E-state index contributed by atoms with van der Waals surface area (Å²) in [5, 5.41) is 7.30. The molecular formula is C12H17N5O. The monoisotopic (exact) mass is 247 g/mol. The van der Waals surface area contributed by atoms with E-state index in [1.165, 1.54) is 6.33 Å². The van der Waals surface area contributed by atoms with Gasteiger partial charge in [-0.25, -0.2) is 4.98 Å². The molecule has 0 aliphatic carbocycles. The van der Waals surface area contributed by atoms with Gasteiger partial charge in [0.15, 0.2) is 5.65 Å². The number of carbonyl (C=O) groups excluding carboxylic acids is 1. The Bertz CT molecular complexity index is 575. The zero-order valence-corrected chi connectivity index (χ0v) is 11.0. The molecule has 2 aromatic rings. The Hall–Kier alpha value is -2.11. The first-order valence-electron chi connectivity index (χ1n) is 5.77. The molecule has 0 spiro atoms. The zero-order valence-electron chi connectivity index (χ0n) is 11.0. The van der Waals surface area contributed by atoms with Crippen molar-refractivity contribution in [1.29, 1.82) is 0 Å². The van der Waals surface area contributed by atoms with Crippen molar-refractivity contribution in [1.82, 2.24) is 19.5 Å². The normalized spacial score (nSPS) is 12.4. The van der Waals surface area contributed by atoms with Gasteiger partial charge in [0.1, 0.15) is 18.2 Å². The highest BCUT2D eigenvalue weighted by molar-refractivity contribution is 5.83. The predicted octanol–water partition coefficient (Wildman–Crippen LogP) is 0.926. The highest BCUT2D eigenvalue weighted by atomic mass is 16.2. The fraction of sp³-hybridized carbons (Fsp3) is 0.417. The Labute approximate surface area is 106 Å². The second kappa shape index (κ2) is 4.64. The van der Waals surface area contributed by atoms with E-state index < -0.39 is 0 Å². The third kappa shape index (κ3) is 2.27. The maximum absolute atomic E-state index is 11.8. The van der Waals surface area contributed by atoms with Crippen molar-refractivity contribution < 1.29 is 4.79 Å². The maximum Gasteiger partial charge on any atom is 0.244 e. The fourth-order valence-electron chi connectivity index (χ4n) is 1.83. The summed E-state index contributed by atoms with van der Waals surface area (Å²) in [6.45, 7) is 3.81. The number of likely N-dealkylation sites (N-methyl/N-ethyl adjacent to an activating group) is 1. The molecular weight excluding hydrogens is 230 g/mol.